The number of nitrogens with zero attached hydrogens (tertiary/aromatic N) is 2. The van der Waals surface area contributed by atoms with Crippen molar-refractivity contribution in [3.8, 4) is 23.1 Å². The van der Waals surface area contributed by atoms with Crippen LogP contribution in [0, 0.1) is 11.3 Å². The molecule has 1 atom stereocenters. The van der Waals surface area contributed by atoms with Crippen LogP contribution in [0.4, 0.5) is 4.79 Å². The fraction of sp³-hybridized carbons (Fsp3) is 0.0952. The second-order valence-electron chi connectivity index (χ2n) is 6.39. The Bertz CT molecular complexity index is 1130. The number of nitrogens with one attached hydrogen (secondary N) is 2. The third kappa shape index (κ3) is 3.33. The molecule has 138 valence electrons. The first-order valence-electron chi connectivity index (χ1n) is 8.59. The molecular formula is C21H16N4O2S. The smallest absolute Gasteiger partial charge is 0.319 e. The van der Waals surface area contributed by atoms with E-state index < -0.39 is 0 Å². The van der Waals surface area contributed by atoms with Gasteiger partial charge in [-0.3, -0.25) is 0 Å². The van der Waals surface area contributed by atoms with E-state index in [1.54, 1.807) is 36.4 Å². The summed E-state index contributed by atoms with van der Waals surface area (Å²) in [5.41, 5.74) is 4.68. The molecule has 6 nitrogen and oxygen atoms in total. The lowest BCUT2D eigenvalue weighted by Crippen LogP contribution is -2.42. The van der Waals surface area contributed by atoms with Crippen LogP contribution >= 0.6 is 11.3 Å². The molecule has 1 aromatic heterocycles. The Morgan fingerprint density at radius 2 is 2.00 bits per heavy atom. The van der Waals surface area contributed by atoms with Gasteiger partial charge in [-0.15, -0.1) is 11.3 Å². The number of aromatic nitrogens is 1. The molecule has 0 fully saturated rings. The van der Waals surface area contributed by atoms with Crippen LogP contribution in [-0.4, -0.2) is 16.1 Å². The van der Waals surface area contributed by atoms with Gasteiger partial charge in [-0.05, 0) is 36.8 Å². The minimum atomic E-state index is -0.376. The van der Waals surface area contributed by atoms with E-state index in [9.17, 15) is 9.90 Å². The summed E-state index contributed by atoms with van der Waals surface area (Å²) in [4.78, 5) is 16.8. The molecule has 3 N–H and O–H groups in total. The van der Waals surface area contributed by atoms with E-state index in [2.05, 4.69) is 16.7 Å². The normalized spacial score (nSPS) is 16.3. The first kappa shape index (κ1) is 17.8. The number of hydrogen-bond acceptors (Lipinski definition) is 5. The van der Waals surface area contributed by atoms with Crippen LogP contribution in [-0.2, 0) is 0 Å². The Hall–Kier alpha value is -3.63. The van der Waals surface area contributed by atoms with Crippen LogP contribution in [0.3, 0.4) is 0 Å². The van der Waals surface area contributed by atoms with Crippen molar-refractivity contribution in [1.29, 1.82) is 5.26 Å². The third-order valence-electron chi connectivity index (χ3n) is 4.52. The van der Waals surface area contributed by atoms with Gasteiger partial charge in [0, 0.05) is 22.2 Å². The van der Waals surface area contributed by atoms with Gasteiger partial charge in [0.05, 0.1) is 23.4 Å². The van der Waals surface area contributed by atoms with E-state index in [0.29, 0.717) is 5.56 Å². The van der Waals surface area contributed by atoms with Crippen LogP contribution in [0.15, 0.2) is 59.6 Å². The van der Waals surface area contributed by atoms with Gasteiger partial charge in [0.2, 0.25) is 0 Å². The minimum Gasteiger partial charge on any atom is -0.508 e. The first-order chi connectivity index (χ1) is 13.5. The fourth-order valence-corrected chi connectivity index (χ4v) is 4.13. The number of carbonyl (C=O) groups excluding carboxylic acids is 1. The molecule has 0 saturated carbocycles. The standard InChI is InChI=1S/C21H16N4O2S/c1-12-18(19(25-21(27)23-12)14-5-7-16(26)8-6-14)20-24-17(11-28-20)15-4-2-3-13(9-15)10-22/h2-9,11,19,26H,1H3,(H2,23,25,27). The molecule has 0 spiro atoms. The number of hydrogen-bond donors (Lipinski definition) is 3. The van der Waals surface area contributed by atoms with Crippen molar-refractivity contribution in [3.05, 3.63) is 75.7 Å². The Labute approximate surface area is 165 Å². The zero-order valence-corrected chi connectivity index (χ0v) is 15.7. The molecule has 2 aromatic carbocycles. The number of phenols is 1. The number of carbonyl (C=O) groups is 1. The molecule has 28 heavy (non-hydrogen) atoms. The van der Waals surface area contributed by atoms with Gasteiger partial charge in [0.15, 0.2) is 0 Å². The Balaban J connectivity index is 1.76. The lowest BCUT2D eigenvalue weighted by Gasteiger charge is -2.28. The number of amides is 2. The third-order valence-corrected chi connectivity index (χ3v) is 5.39. The monoisotopic (exact) mass is 388 g/mol. The molecule has 1 aliphatic rings. The zero-order chi connectivity index (χ0) is 19.7. The van der Waals surface area contributed by atoms with Crippen molar-refractivity contribution >= 4 is 22.9 Å². The summed E-state index contributed by atoms with van der Waals surface area (Å²) in [6.07, 6.45) is 0. The molecule has 0 radical (unpaired) electrons. The average molecular weight is 388 g/mol. The summed E-state index contributed by atoms with van der Waals surface area (Å²) < 4.78 is 0. The molecule has 1 aliphatic heterocycles. The number of allylic oxidation sites excluding steroid dienone is 1. The molecule has 1 unspecified atom stereocenters. The Morgan fingerprint density at radius 3 is 2.75 bits per heavy atom. The number of nitriles is 1. The number of thiazole rings is 1. The molecule has 7 heteroatoms. The summed E-state index contributed by atoms with van der Waals surface area (Å²) in [5, 5.41) is 27.1. The van der Waals surface area contributed by atoms with Crippen molar-refractivity contribution in [3.63, 3.8) is 0 Å². The maximum absolute atomic E-state index is 12.0. The highest BCUT2D eigenvalue weighted by molar-refractivity contribution is 7.11. The van der Waals surface area contributed by atoms with Crippen LogP contribution in [0.5, 0.6) is 5.75 Å². The molecule has 4 rings (SSSR count). The number of benzene rings is 2. The van der Waals surface area contributed by atoms with E-state index in [0.717, 1.165) is 33.1 Å². The van der Waals surface area contributed by atoms with Crippen LogP contribution in [0.2, 0.25) is 0 Å². The van der Waals surface area contributed by atoms with Crippen LogP contribution in [0.1, 0.15) is 29.1 Å². The summed E-state index contributed by atoms with van der Waals surface area (Å²) in [5.74, 6) is 0.167. The summed E-state index contributed by atoms with van der Waals surface area (Å²) >= 11 is 1.48. The SMILES string of the molecule is CC1=C(c2nc(-c3cccc(C#N)c3)cs2)C(c2ccc(O)cc2)NC(=O)N1. The number of aromatic hydroxyl groups is 1. The van der Waals surface area contributed by atoms with Gasteiger partial charge in [-0.1, -0.05) is 24.3 Å². The molecule has 3 aromatic rings. The first-order valence-corrected chi connectivity index (χ1v) is 9.47. The Kier molecular flexibility index (Phi) is 4.55. The van der Waals surface area contributed by atoms with Crippen molar-refractivity contribution in [2.45, 2.75) is 13.0 Å². The predicted octanol–water partition coefficient (Wildman–Crippen LogP) is 4.17. The number of urea groups is 1. The zero-order valence-electron chi connectivity index (χ0n) is 14.9. The second-order valence-corrected chi connectivity index (χ2v) is 7.25. The number of rotatable bonds is 3. The van der Waals surface area contributed by atoms with E-state index in [4.69, 9.17) is 10.2 Å². The quantitative estimate of drug-likeness (QED) is 0.627. The molecule has 2 amide bonds. The van der Waals surface area contributed by atoms with E-state index in [1.807, 2.05) is 24.4 Å². The molecule has 0 bridgehead atoms. The fourth-order valence-electron chi connectivity index (χ4n) is 3.17. The molecule has 0 aliphatic carbocycles. The van der Waals surface area contributed by atoms with Crippen LogP contribution in [0.25, 0.3) is 16.8 Å². The van der Waals surface area contributed by atoms with Crippen LogP contribution < -0.4 is 10.6 Å². The highest BCUT2D eigenvalue weighted by Crippen LogP contribution is 2.37. The summed E-state index contributed by atoms with van der Waals surface area (Å²) in [6.45, 7) is 1.85. The second kappa shape index (κ2) is 7.18. The van der Waals surface area contributed by atoms with E-state index >= 15 is 0 Å². The highest BCUT2D eigenvalue weighted by Gasteiger charge is 2.29. The van der Waals surface area contributed by atoms with E-state index in [1.165, 1.54) is 11.3 Å². The van der Waals surface area contributed by atoms with Crippen molar-refractivity contribution < 1.29 is 9.90 Å². The van der Waals surface area contributed by atoms with Gasteiger partial charge in [-0.25, -0.2) is 9.78 Å². The Morgan fingerprint density at radius 1 is 1.21 bits per heavy atom. The molecular weight excluding hydrogens is 372 g/mol. The van der Waals surface area contributed by atoms with Gasteiger partial charge in [-0.2, -0.15) is 5.26 Å². The lowest BCUT2D eigenvalue weighted by atomic mass is 9.96. The number of phenolic OH excluding ortho intramolecular Hbond substituents is 1. The topological polar surface area (TPSA) is 98.0 Å². The van der Waals surface area contributed by atoms with E-state index in [-0.39, 0.29) is 17.8 Å². The maximum Gasteiger partial charge on any atom is 0.319 e. The molecule has 2 heterocycles. The van der Waals surface area contributed by atoms with Crippen molar-refractivity contribution in [2.24, 2.45) is 0 Å². The minimum absolute atomic E-state index is 0.167. The van der Waals surface area contributed by atoms with Crippen molar-refractivity contribution in [2.75, 3.05) is 0 Å². The summed E-state index contributed by atoms with van der Waals surface area (Å²) in [7, 11) is 0. The summed E-state index contributed by atoms with van der Waals surface area (Å²) in [6, 6.07) is 15.5. The maximum atomic E-state index is 12.0. The van der Waals surface area contributed by atoms with Gasteiger partial charge >= 0.3 is 6.03 Å². The lowest BCUT2D eigenvalue weighted by molar-refractivity contribution is 0.240. The van der Waals surface area contributed by atoms with Gasteiger partial charge in [0.1, 0.15) is 10.8 Å². The molecule has 0 saturated heterocycles. The van der Waals surface area contributed by atoms with Gasteiger partial charge < -0.3 is 15.7 Å². The highest BCUT2D eigenvalue weighted by atomic mass is 32.1. The predicted molar refractivity (Wildman–Crippen MR) is 107 cm³/mol. The average Bonchev–Trinajstić information content (AvgIpc) is 3.17. The largest absolute Gasteiger partial charge is 0.508 e. The van der Waals surface area contributed by atoms with Crippen molar-refractivity contribution in [1.82, 2.24) is 15.6 Å². The van der Waals surface area contributed by atoms with Gasteiger partial charge in [0.25, 0.3) is 0 Å².